The number of carbonyl (C=O) groups is 1. The van der Waals surface area contributed by atoms with E-state index in [2.05, 4.69) is 0 Å². The number of hydrogen-bond acceptors (Lipinski definition) is 3. The second-order valence-corrected chi connectivity index (χ2v) is 4.50. The molecule has 0 saturated heterocycles. The van der Waals surface area contributed by atoms with Gasteiger partial charge in [-0.25, -0.2) is 0 Å². The van der Waals surface area contributed by atoms with E-state index < -0.39 is 0 Å². The zero-order valence-corrected chi connectivity index (χ0v) is 11.4. The molecule has 2 aromatic rings. The number of amides is 1. The Balaban J connectivity index is 2.32. The maximum Gasteiger partial charge on any atom is 0.263 e. The van der Waals surface area contributed by atoms with E-state index >= 15 is 0 Å². The maximum atomic E-state index is 12.5. The molecule has 0 saturated carbocycles. The summed E-state index contributed by atoms with van der Waals surface area (Å²) in [6.45, 7) is 2.61. The molecule has 0 radical (unpaired) electrons. The van der Waals surface area contributed by atoms with Crippen LogP contribution in [0.3, 0.4) is 0 Å². The molecule has 2 rings (SSSR count). The predicted octanol–water partition coefficient (Wildman–Crippen LogP) is 3.57. The van der Waals surface area contributed by atoms with Crippen LogP contribution in [0, 0.1) is 0 Å². The van der Waals surface area contributed by atoms with E-state index in [0.717, 1.165) is 12.1 Å². The molecule has 5 heteroatoms. The van der Waals surface area contributed by atoms with Crippen molar-refractivity contribution in [1.82, 2.24) is 0 Å². The second-order valence-electron chi connectivity index (χ2n) is 4.16. The van der Waals surface area contributed by atoms with Crippen molar-refractivity contribution in [3.63, 3.8) is 0 Å². The summed E-state index contributed by atoms with van der Waals surface area (Å²) in [6.07, 6.45) is 2.24. The minimum atomic E-state index is -0.176. The van der Waals surface area contributed by atoms with Crippen molar-refractivity contribution >= 4 is 28.9 Å². The summed E-state index contributed by atoms with van der Waals surface area (Å²) < 4.78 is 4.97. The summed E-state index contributed by atoms with van der Waals surface area (Å²) in [5.41, 5.74) is 7.47. The highest BCUT2D eigenvalue weighted by Gasteiger charge is 2.21. The number of rotatable bonds is 4. The third kappa shape index (κ3) is 2.90. The van der Waals surface area contributed by atoms with Crippen LogP contribution in [0.4, 0.5) is 11.4 Å². The van der Waals surface area contributed by atoms with Gasteiger partial charge < -0.3 is 15.1 Å². The Hall–Kier alpha value is -1.94. The smallest absolute Gasteiger partial charge is 0.263 e. The fourth-order valence-electron chi connectivity index (χ4n) is 1.82. The highest BCUT2D eigenvalue weighted by molar-refractivity contribution is 6.32. The van der Waals surface area contributed by atoms with Gasteiger partial charge in [0.1, 0.15) is 0 Å². The van der Waals surface area contributed by atoms with Crippen LogP contribution in [0.2, 0.25) is 5.22 Å². The van der Waals surface area contributed by atoms with Gasteiger partial charge in [-0.2, -0.15) is 0 Å². The Kier molecular flexibility index (Phi) is 4.12. The van der Waals surface area contributed by atoms with Crippen LogP contribution < -0.4 is 10.6 Å². The minimum absolute atomic E-state index is 0.113. The Morgan fingerprint density at radius 2 is 2.00 bits per heavy atom. The first-order valence-electron chi connectivity index (χ1n) is 6.04. The predicted molar refractivity (Wildman–Crippen MR) is 76.5 cm³/mol. The van der Waals surface area contributed by atoms with Gasteiger partial charge in [0.2, 0.25) is 5.22 Å². The molecule has 0 aliphatic heterocycles. The Bertz CT molecular complexity index is 563. The average Bonchev–Trinajstić information content (AvgIpc) is 2.83. The number of nitrogens with two attached hydrogens (primary N) is 1. The lowest BCUT2D eigenvalue weighted by molar-refractivity contribution is 0.0986. The molecule has 2 N–H and O–H groups in total. The van der Waals surface area contributed by atoms with Gasteiger partial charge in [0, 0.05) is 17.9 Å². The van der Waals surface area contributed by atoms with E-state index in [9.17, 15) is 4.79 Å². The van der Waals surface area contributed by atoms with Gasteiger partial charge in [-0.15, -0.1) is 0 Å². The number of halogens is 1. The molecule has 19 heavy (non-hydrogen) atoms. The lowest BCUT2D eigenvalue weighted by Gasteiger charge is -2.22. The number of furan rings is 1. The van der Waals surface area contributed by atoms with Crippen LogP contribution in [0.1, 0.15) is 23.7 Å². The summed E-state index contributed by atoms with van der Waals surface area (Å²) in [5.74, 6) is -0.176. The highest BCUT2D eigenvalue weighted by Crippen LogP contribution is 2.23. The summed E-state index contributed by atoms with van der Waals surface area (Å²) in [5, 5.41) is 0.113. The fraction of sp³-hybridized carbons (Fsp3) is 0.214. The van der Waals surface area contributed by atoms with Crippen molar-refractivity contribution in [1.29, 1.82) is 0 Å². The zero-order chi connectivity index (χ0) is 13.8. The Morgan fingerprint density at radius 1 is 1.32 bits per heavy atom. The van der Waals surface area contributed by atoms with Gasteiger partial charge in [-0.05, 0) is 48.4 Å². The van der Waals surface area contributed by atoms with Crippen LogP contribution in [-0.2, 0) is 0 Å². The molecule has 1 aromatic carbocycles. The molecule has 0 aliphatic rings. The topological polar surface area (TPSA) is 59.5 Å². The minimum Gasteiger partial charge on any atom is -0.452 e. The maximum absolute atomic E-state index is 12.5. The molecule has 0 atom stereocenters. The van der Waals surface area contributed by atoms with Crippen molar-refractivity contribution in [3.8, 4) is 0 Å². The third-order valence-corrected chi connectivity index (χ3v) is 3.04. The van der Waals surface area contributed by atoms with E-state index in [1.54, 1.807) is 23.1 Å². The first-order valence-corrected chi connectivity index (χ1v) is 6.41. The highest BCUT2D eigenvalue weighted by atomic mass is 35.5. The standard InChI is InChI=1S/C14H15ClN2O2/c1-2-8-17(11-5-3-10(16)4-6-11)14(18)12-7-9-19-13(12)15/h3-7,9H,2,8,16H2,1H3. The second kappa shape index (κ2) is 5.80. The molecule has 4 nitrogen and oxygen atoms in total. The van der Waals surface area contributed by atoms with Crippen LogP contribution in [0.25, 0.3) is 0 Å². The molecule has 0 unspecified atom stereocenters. The van der Waals surface area contributed by atoms with Gasteiger partial charge in [0.25, 0.3) is 5.91 Å². The molecular formula is C14H15ClN2O2. The monoisotopic (exact) mass is 278 g/mol. The average molecular weight is 279 g/mol. The molecule has 0 aliphatic carbocycles. The molecule has 0 spiro atoms. The first-order chi connectivity index (χ1) is 9.13. The number of carbonyl (C=O) groups excluding carboxylic acids is 1. The van der Waals surface area contributed by atoms with Gasteiger partial charge in [0.15, 0.2) is 0 Å². The van der Waals surface area contributed by atoms with Gasteiger partial charge in [-0.3, -0.25) is 4.79 Å². The van der Waals surface area contributed by atoms with Gasteiger partial charge in [-0.1, -0.05) is 6.92 Å². The van der Waals surface area contributed by atoms with Crippen LogP contribution in [0.5, 0.6) is 0 Å². The Morgan fingerprint density at radius 3 is 2.53 bits per heavy atom. The molecule has 0 fully saturated rings. The SMILES string of the molecule is CCCN(C(=O)c1ccoc1Cl)c1ccc(N)cc1. The fourth-order valence-corrected chi connectivity index (χ4v) is 2.01. The van der Waals surface area contributed by atoms with E-state index in [1.165, 1.54) is 6.26 Å². The van der Waals surface area contributed by atoms with Crippen molar-refractivity contribution in [2.45, 2.75) is 13.3 Å². The first kappa shape index (κ1) is 13.5. The van der Waals surface area contributed by atoms with E-state index in [4.69, 9.17) is 21.8 Å². The summed E-state index contributed by atoms with van der Waals surface area (Å²) in [4.78, 5) is 14.1. The summed E-state index contributed by atoms with van der Waals surface area (Å²) in [6, 6.07) is 8.74. The number of hydrogen-bond donors (Lipinski definition) is 1. The summed E-state index contributed by atoms with van der Waals surface area (Å²) in [7, 11) is 0. The third-order valence-electron chi connectivity index (χ3n) is 2.75. The van der Waals surface area contributed by atoms with Crippen LogP contribution in [0.15, 0.2) is 41.0 Å². The number of anilines is 2. The van der Waals surface area contributed by atoms with E-state index in [-0.39, 0.29) is 11.1 Å². The summed E-state index contributed by atoms with van der Waals surface area (Å²) >= 11 is 5.86. The van der Waals surface area contributed by atoms with Crippen molar-refractivity contribution in [3.05, 3.63) is 47.4 Å². The lowest BCUT2D eigenvalue weighted by Crippen LogP contribution is -2.31. The van der Waals surface area contributed by atoms with Crippen molar-refractivity contribution in [2.24, 2.45) is 0 Å². The molecule has 1 amide bonds. The van der Waals surface area contributed by atoms with E-state index in [0.29, 0.717) is 17.8 Å². The zero-order valence-electron chi connectivity index (χ0n) is 10.6. The molecule has 1 aromatic heterocycles. The van der Waals surface area contributed by atoms with E-state index in [1.807, 2.05) is 19.1 Å². The molecular weight excluding hydrogens is 264 g/mol. The Labute approximate surface area is 116 Å². The quantitative estimate of drug-likeness (QED) is 0.870. The van der Waals surface area contributed by atoms with Gasteiger partial charge >= 0.3 is 0 Å². The van der Waals surface area contributed by atoms with Crippen molar-refractivity contribution in [2.75, 3.05) is 17.2 Å². The van der Waals surface area contributed by atoms with Crippen molar-refractivity contribution < 1.29 is 9.21 Å². The van der Waals surface area contributed by atoms with Crippen LogP contribution >= 0.6 is 11.6 Å². The normalized spacial score (nSPS) is 10.4. The molecule has 0 bridgehead atoms. The molecule has 100 valence electrons. The van der Waals surface area contributed by atoms with Gasteiger partial charge in [0.05, 0.1) is 11.8 Å². The molecule has 1 heterocycles. The number of nitrogen functional groups attached to an aromatic ring is 1. The largest absolute Gasteiger partial charge is 0.452 e. The van der Waals surface area contributed by atoms with Crippen LogP contribution in [-0.4, -0.2) is 12.5 Å². The number of benzene rings is 1. The number of nitrogens with zero attached hydrogens (tertiary/aromatic N) is 1. The lowest BCUT2D eigenvalue weighted by atomic mass is 10.2.